The number of hydrogen-bond acceptors (Lipinski definition) is 5. The predicted octanol–water partition coefficient (Wildman–Crippen LogP) is -0.261. The molecular weight excluding hydrogens is 174 g/mol. The number of carbonyl (C=O) groups excluding carboxylic acids is 1. The van der Waals surface area contributed by atoms with Gasteiger partial charge in [0.25, 0.3) is 0 Å². The van der Waals surface area contributed by atoms with Crippen molar-refractivity contribution >= 4 is 34.6 Å². The van der Waals surface area contributed by atoms with E-state index in [1.54, 1.807) is 7.05 Å². The molecule has 0 spiro atoms. The maximum atomic E-state index is 9.96. The Morgan fingerprint density at radius 3 is 2.80 bits per heavy atom. The molecule has 58 valence electrons. The summed E-state index contributed by atoms with van der Waals surface area (Å²) < 4.78 is 2.96. The number of amides is 1. The fourth-order valence-corrected chi connectivity index (χ4v) is 0.766. The summed E-state index contributed by atoms with van der Waals surface area (Å²) in [5, 5.41) is 0. The monoisotopic (exact) mass is 181 g/mol. The molecule has 4 N–H and O–H groups in total. The molecule has 0 aliphatic rings. The molecule has 10 heavy (non-hydrogen) atoms. The van der Waals surface area contributed by atoms with Crippen LogP contribution in [0.2, 0.25) is 0 Å². The lowest BCUT2D eigenvalue weighted by atomic mass is 11.3. The molecule has 0 aliphatic heterocycles. The van der Waals surface area contributed by atoms with Crippen molar-refractivity contribution in [3.05, 3.63) is 0 Å². The van der Waals surface area contributed by atoms with Gasteiger partial charge in [-0.15, -0.1) is 0 Å². The Morgan fingerprint density at radius 2 is 2.40 bits per heavy atom. The first kappa shape index (κ1) is 9.47. The molecular formula is C3H7N3O2S2. The van der Waals surface area contributed by atoms with E-state index >= 15 is 0 Å². The van der Waals surface area contributed by atoms with Crippen LogP contribution in [-0.4, -0.2) is 17.5 Å². The highest BCUT2D eigenvalue weighted by Crippen LogP contribution is 1.91. The summed E-state index contributed by atoms with van der Waals surface area (Å²) in [6.07, 6.45) is -0.918. The Balaban J connectivity index is 3.30. The van der Waals surface area contributed by atoms with E-state index in [1.165, 1.54) is 0 Å². The maximum Gasteiger partial charge on any atom is 0.428 e. The van der Waals surface area contributed by atoms with E-state index in [4.69, 9.17) is 0 Å². The van der Waals surface area contributed by atoms with Crippen molar-refractivity contribution in [2.24, 2.45) is 5.73 Å². The van der Waals surface area contributed by atoms with Gasteiger partial charge < -0.3 is 10.6 Å². The van der Waals surface area contributed by atoms with Crippen molar-refractivity contribution in [2.75, 3.05) is 7.05 Å². The fraction of sp³-hybridized carbons (Fsp3) is 0.333. The topological polar surface area (TPSA) is 76.4 Å². The first-order chi connectivity index (χ1) is 4.66. The van der Waals surface area contributed by atoms with Gasteiger partial charge in [0.15, 0.2) is 4.32 Å². The van der Waals surface area contributed by atoms with Crippen LogP contribution in [0, 0.1) is 0 Å². The molecule has 0 rings (SSSR count). The maximum absolute atomic E-state index is 9.96. The van der Waals surface area contributed by atoms with E-state index in [0.717, 1.165) is 11.9 Å². The molecule has 0 unspecified atom stereocenters. The Hall–Kier alpha value is -0.530. The third-order valence-corrected chi connectivity index (χ3v) is 1.24. The van der Waals surface area contributed by atoms with E-state index in [1.807, 2.05) is 0 Å². The van der Waals surface area contributed by atoms with Crippen molar-refractivity contribution in [1.82, 2.24) is 10.2 Å². The lowest BCUT2D eigenvalue weighted by Crippen LogP contribution is -2.28. The molecule has 5 nitrogen and oxygen atoms in total. The minimum absolute atomic E-state index is 0.293. The van der Waals surface area contributed by atoms with Crippen molar-refractivity contribution in [3.8, 4) is 0 Å². The third kappa shape index (κ3) is 5.60. The second kappa shape index (κ2) is 5.27. The zero-order valence-corrected chi connectivity index (χ0v) is 6.84. The second-order valence-corrected chi connectivity index (χ2v) is 2.80. The molecule has 1 amide bonds. The van der Waals surface area contributed by atoms with Gasteiger partial charge in [0.1, 0.15) is 0 Å². The van der Waals surface area contributed by atoms with Crippen LogP contribution >= 0.6 is 24.2 Å². The van der Waals surface area contributed by atoms with Crippen LogP contribution in [0.1, 0.15) is 0 Å². The number of hydroxylamine groups is 1. The van der Waals surface area contributed by atoms with Crippen LogP contribution in [-0.2, 0) is 4.84 Å². The zero-order valence-electron chi connectivity index (χ0n) is 5.21. The van der Waals surface area contributed by atoms with Gasteiger partial charge in [0.05, 0.1) is 0 Å². The highest BCUT2D eigenvalue weighted by atomic mass is 32.2. The molecule has 0 radical (unpaired) electrons. The van der Waals surface area contributed by atoms with Crippen LogP contribution in [0.4, 0.5) is 4.79 Å². The molecule has 0 aromatic heterocycles. The van der Waals surface area contributed by atoms with E-state index < -0.39 is 6.09 Å². The van der Waals surface area contributed by atoms with Gasteiger partial charge in [0, 0.05) is 0 Å². The molecule has 7 heteroatoms. The number of nitrogens with one attached hydrogen (secondary N) is 2. The SMILES string of the molecule is CNSC(=S)NOC(N)=O. The number of nitrogens with two attached hydrogens (primary N) is 1. The van der Waals surface area contributed by atoms with E-state index in [-0.39, 0.29) is 0 Å². The highest BCUT2D eigenvalue weighted by Gasteiger charge is 1.96. The van der Waals surface area contributed by atoms with Gasteiger partial charge in [0.2, 0.25) is 0 Å². The van der Waals surface area contributed by atoms with Crippen molar-refractivity contribution in [2.45, 2.75) is 0 Å². The quantitative estimate of drug-likeness (QED) is 0.294. The molecule has 0 heterocycles. The second-order valence-electron chi connectivity index (χ2n) is 1.12. The van der Waals surface area contributed by atoms with Gasteiger partial charge >= 0.3 is 6.09 Å². The Labute approximate surface area is 67.8 Å². The number of carbonyl (C=O) groups is 1. The largest absolute Gasteiger partial charge is 0.428 e. The summed E-state index contributed by atoms with van der Waals surface area (Å²) >= 11 is 5.74. The first-order valence-corrected chi connectivity index (χ1v) is 3.49. The van der Waals surface area contributed by atoms with Gasteiger partial charge in [-0.2, -0.15) is 5.48 Å². The Bertz CT molecular complexity index is 140. The van der Waals surface area contributed by atoms with Gasteiger partial charge in [-0.1, -0.05) is 0 Å². The summed E-state index contributed by atoms with van der Waals surface area (Å²) in [4.78, 5) is 14.1. The average Bonchev–Trinajstić information content (AvgIpc) is 1.85. The summed E-state index contributed by atoms with van der Waals surface area (Å²) in [7, 11) is 1.68. The number of hydrogen-bond donors (Lipinski definition) is 3. The van der Waals surface area contributed by atoms with E-state index in [2.05, 4.69) is 33.0 Å². The van der Waals surface area contributed by atoms with Crippen molar-refractivity contribution in [1.29, 1.82) is 0 Å². The molecule has 0 fully saturated rings. The molecule has 0 saturated heterocycles. The normalized spacial score (nSPS) is 8.50. The van der Waals surface area contributed by atoms with Gasteiger partial charge in [-0.3, -0.25) is 4.72 Å². The number of rotatable bonds is 1. The Kier molecular flexibility index (Phi) is 4.99. The molecule has 0 aromatic rings. The number of thiocarbonyl (C=S) groups is 1. The third-order valence-electron chi connectivity index (χ3n) is 0.430. The predicted molar refractivity (Wildman–Crippen MR) is 43.1 cm³/mol. The fourth-order valence-electron chi connectivity index (χ4n) is 0.205. The van der Waals surface area contributed by atoms with Crippen LogP contribution in [0.15, 0.2) is 0 Å². The standard InChI is InChI=1S/C3H7N3O2S2/c1-5-10-3(9)6-8-2(4)7/h5H,1H3,(H2,4,7)(H,6,9). The Morgan fingerprint density at radius 1 is 1.80 bits per heavy atom. The minimum Gasteiger partial charge on any atom is -0.333 e. The summed E-state index contributed by atoms with van der Waals surface area (Å²) in [5.41, 5.74) is 6.76. The molecule has 0 saturated carbocycles. The van der Waals surface area contributed by atoms with Gasteiger partial charge in [-0.25, -0.2) is 4.79 Å². The van der Waals surface area contributed by atoms with E-state index in [9.17, 15) is 4.79 Å². The highest BCUT2D eigenvalue weighted by molar-refractivity contribution is 8.21. The summed E-state index contributed by atoms with van der Waals surface area (Å²) in [6, 6.07) is 0. The molecule has 0 bridgehead atoms. The minimum atomic E-state index is -0.918. The first-order valence-electron chi connectivity index (χ1n) is 2.26. The van der Waals surface area contributed by atoms with Crippen LogP contribution in [0.25, 0.3) is 0 Å². The number of primary amides is 1. The lowest BCUT2D eigenvalue weighted by Gasteiger charge is -2.02. The lowest BCUT2D eigenvalue weighted by molar-refractivity contribution is 0.133. The van der Waals surface area contributed by atoms with Gasteiger partial charge in [-0.05, 0) is 31.2 Å². The summed E-state index contributed by atoms with van der Waals surface area (Å²) in [5.74, 6) is 0. The molecule has 0 aromatic carbocycles. The van der Waals surface area contributed by atoms with E-state index in [0.29, 0.717) is 4.32 Å². The summed E-state index contributed by atoms with van der Waals surface area (Å²) in [6.45, 7) is 0. The van der Waals surface area contributed by atoms with Crippen LogP contribution < -0.4 is 15.9 Å². The molecule has 0 atom stereocenters. The van der Waals surface area contributed by atoms with Crippen LogP contribution in [0.3, 0.4) is 0 Å². The smallest absolute Gasteiger partial charge is 0.333 e. The van der Waals surface area contributed by atoms with Crippen molar-refractivity contribution in [3.63, 3.8) is 0 Å². The zero-order chi connectivity index (χ0) is 7.98. The average molecular weight is 181 g/mol. The van der Waals surface area contributed by atoms with Crippen LogP contribution in [0.5, 0.6) is 0 Å². The van der Waals surface area contributed by atoms with Crippen molar-refractivity contribution < 1.29 is 9.63 Å². The molecule has 0 aliphatic carbocycles.